The van der Waals surface area contributed by atoms with Gasteiger partial charge in [0.1, 0.15) is 23.5 Å². The molecule has 2 aromatic carbocycles. The maximum absolute atomic E-state index is 13.8. The first-order chi connectivity index (χ1) is 13.6. The molecule has 0 radical (unpaired) electrons. The number of phenolic OH excluding ortho intramolecular Hbond substituents is 1. The molecule has 2 aromatic heterocycles. The first-order valence-corrected chi connectivity index (χ1v) is 8.34. The molecule has 0 atom stereocenters. The fourth-order valence-electron chi connectivity index (χ4n) is 3.01. The summed E-state index contributed by atoms with van der Waals surface area (Å²) < 4.78 is 39.3. The molecule has 0 aliphatic carbocycles. The van der Waals surface area contributed by atoms with Gasteiger partial charge in [-0.05, 0) is 36.4 Å². The van der Waals surface area contributed by atoms with Crippen molar-refractivity contribution < 1.29 is 23.1 Å². The summed E-state index contributed by atoms with van der Waals surface area (Å²) in [6.45, 7) is 0.321. The van der Waals surface area contributed by atoms with E-state index in [9.17, 15) is 13.9 Å². The van der Waals surface area contributed by atoms with Gasteiger partial charge in [-0.2, -0.15) is 0 Å². The third-order valence-electron chi connectivity index (χ3n) is 4.29. The summed E-state index contributed by atoms with van der Waals surface area (Å²) >= 11 is 0. The van der Waals surface area contributed by atoms with Crippen molar-refractivity contribution >= 4 is 0 Å². The van der Waals surface area contributed by atoms with Gasteiger partial charge >= 0.3 is 0 Å². The molecule has 8 heteroatoms. The second kappa shape index (κ2) is 7.15. The molecule has 0 bridgehead atoms. The average Bonchev–Trinajstić information content (AvgIpc) is 3.34. The highest BCUT2D eigenvalue weighted by molar-refractivity contribution is 5.82. The SMILES string of the molecule is COc1ccc(O)cc1-c1c(-c2ccc(F)c(F)c2)ncn1Cc1ccon1. The molecule has 28 heavy (non-hydrogen) atoms. The Morgan fingerprint density at radius 2 is 1.96 bits per heavy atom. The van der Waals surface area contributed by atoms with Gasteiger partial charge in [0.15, 0.2) is 11.6 Å². The van der Waals surface area contributed by atoms with Crippen molar-refractivity contribution in [3.8, 4) is 34.0 Å². The van der Waals surface area contributed by atoms with Crippen molar-refractivity contribution in [2.45, 2.75) is 6.54 Å². The van der Waals surface area contributed by atoms with Crippen LogP contribution in [-0.4, -0.2) is 26.9 Å². The molecule has 2 heterocycles. The average molecular weight is 383 g/mol. The van der Waals surface area contributed by atoms with E-state index in [0.717, 1.165) is 12.1 Å². The lowest BCUT2D eigenvalue weighted by atomic mass is 10.0. The maximum atomic E-state index is 13.8. The van der Waals surface area contributed by atoms with E-state index in [1.54, 1.807) is 23.0 Å². The van der Waals surface area contributed by atoms with Crippen LogP contribution >= 0.6 is 0 Å². The molecule has 0 unspecified atom stereocenters. The van der Waals surface area contributed by atoms with Crippen LogP contribution in [0.1, 0.15) is 5.69 Å². The third kappa shape index (κ3) is 3.20. The Morgan fingerprint density at radius 1 is 1.11 bits per heavy atom. The Hall–Kier alpha value is -3.68. The van der Waals surface area contributed by atoms with E-state index in [2.05, 4.69) is 10.1 Å². The Kier molecular flexibility index (Phi) is 4.52. The molecule has 4 aromatic rings. The highest BCUT2D eigenvalue weighted by Crippen LogP contribution is 2.39. The van der Waals surface area contributed by atoms with Gasteiger partial charge in [-0.3, -0.25) is 0 Å². The van der Waals surface area contributed by atoms with Crippen molar-refractivity contribution in [1.82, 2.24) is 14.7 Å². The number of halogens is 2. The Bertz CT molecular complexity index is 1120. The quantitative estimate of drug-likeness (QED) is 0.558. The zero-order valence-electron chi connectivity index (χ0n) is 14.8. The van der Waals surface area contributed by atoms with Gasteiger partial charge < -0.3 is 18.9 Å². The van der Waals surface area contributed by atoms with Crippen LogP contribution in [0, 0.1) is 11.6 Å². The van der Waals surface area contributed by atoms with Crippen molar-refractivity contribution in [3.63, 3.8) is 0 Å². The molecule has 0 aliphatic rings. The molecule has 0 saturated heterocycles. The number of aromatic hydroxyl groups is 1. The lowest BCUT2D eigenvalue weighted by Gasteiger charge is -2.13. The number of benzene rings is 2. The molecule has 0 fully saturated rings. The van der Waals surface area contributed by atoms with Gasteiger partial charge in [0, 0.05) is 17.2 Å². The second-order valence-corrected chi connectivity index (χ2v) is 6.07. The number of methoxy groups -OCH3 is 1. The minimum atomic E-state index is -0.975. The molecular formula is C20H15F2N3O3. The smallest absolute Gasteiger partial charge is 0.159 e. The van der Waals surface area contributed by atoms with E-state index in [-0.39, 0.29) is 5.75 Å². The molecule has 0 spiro atoms. The topological polar surface area (TPSA) is 73.3 Å². The Balaban J connectivity index is 1.94. The number of imidazole rings is 1. The van der Waals surface area contributed by atoms with Crippen LogP contribution in [0.5, 0.6) is 11.5 Å². The van der Waals surface area contributed by atoms with Gasteiger partial charge in [0.25, 0.3) is 0 Å². The minimum absolute atomic E-state index is 0.0289. The summed E-state index contributed by atoms with van der Waals surface area (Å²) in [7, 11) is 1.51. The van der Waals surface area contributed by atoms with Crippen LogP contribution in [0.25, 0.3) is 22.5 Å². The van der Waals surface area contributed by atoms with Crippen LogP contribution < -0.4 is 4.74 Å². The first kappa shape index (κ1) is 17.7. The van der Waals surface area contributed by atoms with Crippen LogP contribution in [0.4, 0.5) is 8.78 Å². The zero-order chi connectivity index (χ0) is 19.7. The number of hydrogen-bond acceptors (Lipinski definition) is 5. The predicted molar refractivity (Wildman–Crippen MR) is 96.8 cm³/mol. The highest BCUT2D eigenvalue weighted by Gasteiger charge is 2.20. The second-order valence-electron chi connectivity index (χ2n) is 6.07. The number of rotatable bonds is 5. The normalized spacial score (nSPS) is 11.0. The van der Waals surface area contributed by atoms with E-state index in [1.165, 1.54) is 31.6 Å². The number of phenols is 1. The zero-order valence-corrected chi connectivity index (χ0v) is 14.8. The summed E-state index contributed by atoms with van der Waals surface area (Å²) in [6, 6.07) is 9.92. The van der Waals surface area contributed by atoms with Crippen LogP contribution in [0.2, 0.25) is 0 Å². The molecule has 0 aliphatic heterocycles. The van der Waals surface area contributed by atoms with E-state index < -0.39 is 11.6 Å². The van der Waals surface area contributed by atoms with Gasteiger partial charge in [-0.25, -0.2) is 13.8 Å². The summed E-state index contributed by atoms with van der Waals surface area (Å²) in [4.78, 5) is 4.40. The fraction of sp³-hybridized carbons (Fsp3) is 0.100. The van der Waals surface area contributed by atoms with Crippen molar-refractivity contribution in [2.75, 3.05) is 7.11 Å². The fourth-order valence-corrected chi connectivity index (χ4v) is 3.01. The molecule has 1 N–H and O–H groups in total. The largest absolute Gasteiger partial charge is 0.508 e. The molecule has 142 valence electrons. The molecule has 6 nitrogen and oxygen atoms in total. The number of aromatic nitrogens is 3. The van der Waals surface area contributed by atoms with Gasteiger partial charge in [0.05, 0.1) is 31.4 Å². The van der Waals surface area contributed by atoms with Crippen LogP contribution in [-0.2, 0) is 6.54 Å². The van der Waals surface area contributed by atoms with Crippen molar-refractivity contribution in [3.05, 3.63) is 72.4 Å². The summed E-state index contributed by atoms with van der Waals surface area (Å²) in [5.74, 6) is -1.40. The number of nitrogens with zero attached hydrogens (tertiary/aromatic N) is 3. The van der Waals surface area contributed by atoms with Gasteiger partial charge in [0.2, 0.25) is 0 Å². The molecule has 0 saturated carbocycles. The lowest BCUT2D eigenvalue weighted by Crippen LogP contribution is -2.02. The Labute approximate surface area is 158 Å². The summed E-state index contributed by atoms with van der Waals surface area (Å²) in [6.07, 6.45) is 3.02. The summed E-state index contributed by atoms with van der Waals surface area (Å²) in [5, 5.41) is 13.9. The number of hydrogen-bond donors (Lipinski definition) is 1. The highest BCUT2D eigenvalue weighted by atomic mass is 19.2. The minimum Gasteiger partial charge on any atom is -0.508 e. The Morgan fingerprint density at radius 3 is 2.68 bits per heavy atom. The van der Waals surface area contributed by atoms with Crippen molar-refractivity contribution in [2.24, 2.45) is 0 Å². The van der Waals surface area contributed by atoms with Crippen LogP contribution in [0.15, 0.2) is 59.6 Å². The summed E-state index contributed by atoms with van der Waals surface area (Å²) in [5.41, 5.74) is 2.55. The van der Waals surface area contributed by atoms with Crippen molar-refractivity contribution in [1.29, 1.82) is 0 Å². The molecule has 0 amide bonds. The molecular weight excluding hydrogens is 368 g/mol. The van der Waals surface area contributed by atoms with Gasteiger partial charge in [-0.15, -0.1) is 0 Å². The van der Waals surface area contributed by atoms with E-state index in [1.807, 2.05) is 0 Å². The van der Waals surface area contributed by atoms with E-state index in [0.29, 0.717) is 40.5 Å². The first-order valence-electron chi connectivity index (χ1n) is 8.34. The van der Waals surface area contributed by atoms with Gasteiger partial charge in [-0.1, -0.05) is 5.16 Å². The maximum Gasteiger partial charge on any atom is 0.159 e. The third-order valence-corrected chi connectivity index (χ3v) is 4.29. The molecule has 4 rings (SSSR count). The lowest BCUT2D eigenvalue weighted by molar-refractivity contribution is 0.409. The van der Waals surface area contributed by atoms with E-state index >= 15 is 0 Å². The number of ether oxygens (including phenoxy) is 1. The monoisotopic (exact) mass is 383 g/mol. The van der Waals surface area contributed by atoms with Crippen LogP contribution in [0.3, 0.4) is 0 Å². The predicted octanol–water partition coefficient (Wildman–Crippen LogP) is 4.25. The standard InChI is InChI=1S/C20H15F2N3O3/c1-27-18-5-3-14(26)9-15(18)20-19(12-2-4-16(21)17(22)8-12)23-11-25(20)10-13-6-7-28-24-13/h2-9,11,26H,10H2,1H3. The van der Waals surface area contributed by atoms with E-state index in [4.69, 9.17) is 9.26 Å².